The van der Waals surface area contributed by atoms with E-state index in [4.69, 9.17) is 5.73 Å². The van der Waals surface area contributed by atoms with Gasteiger partial charge in [0.1, 0.15) is 0 Å². The maximum Gasteiger partial charge on any atom is 0.270 e. The van der Waals surface area contributed by atoms with E-state index in [-0.39, 0.29) is 30.0 Å². The normalized spacial score (nSPS) is 20.8. The van der Waals surface area contributed by atoms with Crippen LogP contribution < -0.4 is 11.1 Å². The van der Waals surface area contributed by atoms with Crippen LogP contribution in [0.3, 0.4) is 0 Å². The van der Waals surface area contributed by atoms with Crippen molar-refractivity contribution in [3.63, 3.8) is 0 Å². The van der Waals surface area contributed by atoms with E-state index >= 15 is 0 Å². The lowest BCUT2D eigenvalue weighted by Gasteiger charge is -2.31. The fourth-order valence-electron chi connectivity index (χ4n) is 2.73. The smallest absolute Gasteiger partial charge is 0.270 e. The number of carbonyl (C=O) groups is 1. The summed E-state index contributed by atoms with van der Waals surface area (Å²) in [6.07, 6.45) is 4.19. The molecule has 1 aliphatic rings. The van der Waals surface area contributed by atoms with Gasteiger partial charge in [-0.3, -0.25) is 14.9 Å². The van der Waals surface area contributed by atoms with Gasteiger partial charge in [0.15, 0.2) is 0 Å². The predicted molar refractivity (Wildman–Crippen MR) is 90.3 cm³/mol. The van der Waals surface area contributed by atoms with Crippen molar-refractivity contribution in [2.45, 2.75) is 31.7 Å². The molecule has 6 nitrogen and oxygen atoms in total. The summed E-state index contributed by atoms with van der Waals surface area (Å²) in [7, 11) is 0. The molecular formula is C14H19BrClN3O3. The molecule has 1 saturated carbocycles. The Labute approximate surface area is 143 Å². The van der Waals surface area contributed by atoms with Crippen LogP contribution in [0, 0.1) is 16.0 Å². The molecule has 2 rings (SSSR count). The number of benzene rings is 1. The first-order chi connectivity index (χ1) is 10.0. The lowest BCUT2D eigenvalue weighted by Crippen LogP contribution is -2.44. The monoisotopic (exact) mass is 391 g/mol. The van der Waals surface area contributed by atoms with Crippen molar-refractivity contribution in [1.29, 1.82) is 0 Å². The fraction of sp³-hybridized carbons (Fsp3) is 0.500. The van der Waals surface area contributed by atoms with Crippen LogP contribution in [0.25, 0.3) is 0 Å². The molecule has 2 atom stereocenters. The SMILES string of the molecule is Cl.NCC1CCCCC1NC(=O)c1ccc([N+](=O)[O-])cc1Br. The summed E-state index contributed by atoms with van der Waals surface area (Å²) < 4.78 is 0.425. The number of nitro groups is 1. The van der Waals surface area contributed by atoms with Crippen molar-refractivity contribution in [1.82, 2.24) is 5.32 Å². The zero-order valence-electron chi connectivity index (χ0n) is 12.0. The fourth-order valence-corrected chi connectivity index (χ4v) is 3.27. The molecule has 1 fully saturated rings. The van der Waals surface area contributed by atoms with Crippen LogP contribution in [-0.4, -0.2) is 23.4 Å². The Hall–Kier alpha value is -1.18. The summed E-state index contributed by atoms with van der Waals surface area (Å²) >= 11 is 3.22. The summed E-state index contributed by atoms with van der Waals surface area (Å²) in [6, 6.07) is 4.23. The Morgan fingerprint density at radius 1 is 1.41 bits per heavy atom. The highest BCUT2D eigenvalue weighted by molar-refractivity contribution is 9.10. The van der Waals surface area contributed by atoms with E-state index in [1.807, 2.05) is 0 Å². The molecule has 0 bridgehead atoms. The molecule has 8 heteroatoms. The molecule has 0 radical (unpaired) electrons. The Kier molecular flexibility index (Phi) is 7.25. The lowest BCUT2D eigenvalue weighted by atomic mass is 9.84. The molecule has 3 N–H and O–H groups in total. The van der Waals surface area contributed by atoms with Gasteiger partial charge in [-0.05, 0) is 47.3 Å². The van der Waals surface area contributed by atoms with Crippen LogP contribution >= 0.6 is 28.3 Å². The number of halogens is 2. The van der Waals surface area contributed by atoms with Crippen LogP contribution in [-0.2, 0) is 0 Å². The van der Waals surface area contributed by atoms with Gasteiger partial charge in [-0.25, -0.2) is 0 Å². The third-order valence-electron chi connectivity index (χ3n) is 3.94. The molecule has 0 heterocycles. The molecule has 0 saturated heterocycles. The zero-order chi connectivity index (χ0) is 15.4. The quantitative estimate of drug-likeness (QED) is 0.608. The first kappa shape index (κ1) is 18.9. The van der Waals surface area contributed by atoms with Gasteiger partial charge in [0.05, 0.1) is 10.5 Å². The van der Waals surface area contributed by atoms with E-state index in [0.29, 0.717) is 22.5 Å². The van der Waals surface area contributed by atoms with E-state index < -0.39 is 4.92 Å². The van der Waals surface area contributed by atoms with Gasteiger partial charge in [0.25, 0.3) is 11.6 Å². The Morgan fingerprint density at radius 3 is 2.68 bits per heavy atom. The molecule has 1 aromatic carbocycles. The number of hydrogen-bond donors (Lipinski definition) is 2. The van der Waals surface area contributed by atoms with Gasteiger partial charge >= 0.3 is 0 Å². The minimum Gasteiger partial charge on any atom is -0.349 e. The highest BCUT2D eigenvalue weighted by atomic mass is 79.9. The second kappa shape index (κ2) is 8.45. The van der Waals surface area contributed by atoms with E-state index in [0.717, 1.165) is 25.7 Å². The Balaban J connectivity index is 0.00000242. The van der Waals surface area contributed by atoms with Gasteiger partial charge in [-0.1, -0.05) is 12.8 Å². The summed E-state index contributed by atoms with van der Waals surface area (Å²) in [5.41, 5.74) is 6.11. The summed E-state index contributed by atoms with van der Waals surface area (Å²) in [5, 5.41) is 13.7. The molecule has 22 heavy (non-hydrogen) atoms. The Bertz CT molecular complexity index is 556. The van der Waals surface area contributed by atoms with Gasteiger partial charge < -0.3 is 11.1 Å². The van der Waals surface area contributed by atoms with Gasteiger partial charge in [-0.15, -0.1) is 12.4 Å². The van der Waals surface area contributed by atoms with E-state index in [2.05, 4.69) is 21.2 Å². The van der Waals surface area contributed by atoms with E-state index in [1.165, 1.54) is 18.2 Å². The Morgan fingerprint density at radius 2 is 2.09 bits per heavy atom. The molecule has 0 spiro atoms. The number of rotatable bonds is 4. The second-order valence-corrected chi connectivity index (χ2v) is 6.14. The second-order valence-electron chi connectivity index (χ2n) is 5.28. The average Bonchev–Trinajstić information content (AvgIpc) is 2.47. The third kappa shape index (κ3) is 4.41. The van der Waals surface area contributed by atoms with Gasteiger partial charge in [-0.2, -0.15) is 0 Å². The molecule has 2 unspecified atom stereocenters. The number of nitrogens with zero attached hydrogens (tertiary/aromatic N) is 1. The van der Waals surface area contributed by atoms with Gasteiger partial charge in [0, 0.05) is 22.6 Å². The van der Waals surface area contributed by atoms with Crippen molar-refractivity contribution in [2.75, 3.05) is 6.54 Å². The molecule has 1 aliphatic carbocycles. The molecular weight excluding hydrogens is 374 g/mol. The number of nitrogens with one attached hydrogen (secondary N) is 1. The molecule has 0 aliphatic heterocycles. The summed E-state index contributed by atoms with van der Waals surface area (Å²) in [6.45, 7) is 0.562. The highest BCUT2D eigenvalue weighted by Gasteiger charge is 2.26. The van der Waals surface area contributed by atoms with Crippen molar-refractivity contribution in [3.8, 4) is 0 Å². The summed E-state index contributed by atoms with van der Waals surface area (Å²) in [4.78, 5) is 22.5. The van der Waals surface area contributed by atoms with Crippen molar-refractivity contribution in [3.05, 3.63) is 38.3 Å². The number of amides is 1. The minimum absolute atomic E-state index is 0. The molecule has 1 aromatic rings. The number of nitro benzene ring substituents is 1. The first-order valence-electron chi connectivity index (χ1n) is 6.97. The number of non-ortho nitro benzene ring substituents is 1. The van der Waals surface area contributed by atoms with Crippen LogP contribution in [0.2, 0.25) is 0 Å². The molecule has 122 valence electrons. The highest BCUT2D eigenvalue weighted by Crippen LogP contribution is 2.26. The molecule has 1 amide bonds. The third-order valence-corrected chi connectivity index (χ3v) is 4.59. The topological polar surface area (TPSA) is 98.3 Å². The summed E-state index contributed by atoms with van der Waals surface area (Å²) in [5.74, 6) is 0.0849. The van der Waals surface area contributed by atoms with Crippen molar-refractivity contribution < 1.29 is 9.72 Å². The maximum absolute atomic E-state index is 12.3. The van der Waals surface area contributed by atoms with Crippen molar-refractivity contribution in [2.24, 2.45) is 11.7 Å². The minimum atomic E-state index is -0.488. The average molecular weight is 393 g/mol. The first-order valence-corrected chi connectivity index (χ1v) is 7.77. The zero-order valence-corrected chi connectivity index (χ0v) is 14.4. The van der Waals surface area contributed by atoms with Crippen LogP contribution in [0.4, 0.5) is 5.69 Å². The number of carbonyl (C=O) groups excluding carboxylic acids is 1. The van der Waals surface area contributed by atoms with Crippen LogP contribution in [0.1, 0.15) is 36.0 Å². The van der Waals surface area contributed by atoms with Crippen LogP contribution in [0.15, 0.2) is 22.7 Å². The lowest BCUT2D eigenvalue weighted by molar-refractivity contribution is -0.384. The number of nitrogens with two attached hydrogens (primary N) is 1. The van der Waals surface area contributed by atoms with Gasteiger partial charge in [0.2, 0.25) is 0 Å². The largest absolute Gasteiger partial charge is 0.349 e. The number of hydrogen-bond acceptors (Lipinski definition) is 4. The standard InChI is InChI=1S/C14H18BrN3O3.ClH/c15-12-7-10(18(20)21)5-6-11(12)14(19)17-13-4-2-1-3-9(13)8-16;/h5-7,9,13H,1-4,8,16H2,(H,17,19);1H. The van der Waals surface area contributed by atoms with E-state index in [9.17, 15) is 14.9 Å². The predicted octanol–water partition coefficient (Wildman–Crippen LogP) is 3.03. The van der Waals surface area contributed by atoms with E-state index in [1.54, 1.807) is 0 Å². The maximum atomic E-state index is 12.3. The molecule has 0 aromatic heterocycles. The van der Waals surface area contributed by atoms with Crippen LogP contribution in [0.5, 0.6) is 0 Å². The van der Waals surface area contributed by atoms with Crippen molar-refractivity contribution >= 4 is 39.9 Å².